The van der Waals surface area contributed by atoms with Gasteiger partial charge in [-0.2, -0.15) is 0 Å². The lowest BCUT2D eigenvalue weighted by molar-refractivity contribution is 0.357. The van der Waals surface area contributed by atoms with E-state index in [1.54, 1.807) is 12.4 Å². The molecule has 0 aliphatic carbocycles. The van der Waals surface area contributed by atoms with Crippen LogP contribution in [0.1, 0.15) is 28.4 Å². The van der Waals surface area contributed by atoms with E-state index in [0.717, 1.165) is 45.6 Å². The number of hydrogen-bond acceptors (Lipinski definition) is 6. The molecule has 0 saturated carbocycles. The molecule has 7 heteroatoms. The number of anilines is 1. The third kappa shape index (κ3) is 3.19. The fourth-order valence-corrected chi connectivity index (χ4v) is 5.18. The molecule has 0 spiro atoms. The molecular weight excluding hydrogens is 438 g/mol. The molecule has 0 bridgehead atoms. The first kappa shape index (κ1) is 19.9. The summed E-state index contributed by atoms with van der Waals surface area (Å²) in [6.45, 7) is 1.13. The molecule has 0 radical (unpaired) electrons. The van der Waals surface area contributed by atoms with Crippen molar-refractivity contribution in [2.24, 2.45) is 0 Å². The van der Waals surface area contributed by atoms with E-state index in [1.165, 1.54) is 5.56 Å². The molecule has 1 unspecified atom stereocenters. The number of fused-ring (bicyclic) bond motifs is 3. The summed E-state index contributed by atoms with van der Waals surface area (Å²) in [6.07, 6.45) is 8.04. The normalized spacial score (nSPS) is 16.2. The highest BCUT2D eigenvalue weighted by Gasteiger charge is 2.36. The fourth-order valence-electron chi connectivity index (χ4n) is 5.18. The van der Waals surface area contributed by atoms with E-state index in [9.17, 15) is 4.79 Å². The Morgan fingerprint density at radius 2 is 1.80 bits per heavy atom. The highest BCUT2D eigenvalue weighted by molar-refractivity contribution is 5.80. The fraction of sp³-hybridized carbons (Fsp3) is 0.143. The van der Waals surface area contributed by atoms with Gasteiger partial charge in [-0.05, 0) is 53.1 Å². The van der Waals surface area contributed by atoms with Crippen LogP contribution in [0.2, 0.25) is 0 Å². The van der Waals surface area contributed by atoms with E-state index in [0.29, 0.717) is 24.5 Å². The average Bonchev–Trinajstić information content (AvgIpc) is 3.54. The molecule has 170 valence electrons. The summed E-state index contributed by atoms with van der Waals surface area (Å²) < 4.78 is 5.73. The second kappa shape index (κ2) is 7.77. The molecule has 35 heavy (non-hydrogen) atoms. The standard InChI is InChI=1S/C28H21N5O2/c34-27-21-3-1-2-4-23(21)32-25-22(27)16-33(26(25)19-5-6-24-18(13-19)9-12-35-24)28-30-14-20(15-31-28)17-7-10-29-11-8-17/h1-8,10-11,13-15,26H,9,12,16H2,(H,32,34). The highest BCUT2D eigenvalue weighted by Crippen LogP contribution is 2.41. The molecule has 7 rings (SSSR count). The van der Waals surface area contributed by atoms with Gasteiger partial charge in [0.25, 0.3) is 0 Å². The van der Waals surface area contributed by atoms with Crippen molar-refractivity contribution >= 4 is 16.9 Å². The summed E-state index contributed by atoms with van der Waals surface area (Å²) in [5, 5.41) is 0.697. The zero-order chi connectivity index (χ0) is 23.4. The Hall–Kier alpha value is -4.52. The first-order chi connectivity index (χ1) is 17.3. The molecule has 5 heterocycles. The van der Waals surface area contributed by atoms with E-state index < -0.39 is 0 Å². The highest BCUT2D eigenvalue weighted by atomic mass is 16.5. The second-order valence-electron chi connectivity index (χ2n) is 8.90. The lowest BCUT2D eigenvalue weighted by Crippen LogP contribution is -2.25. The largest absolute Gasteiger partial charge is 0.493 e. The first-order valence-electron chi connectivity index (χ1n) is 11.6. The van der Waals surface area contributed by atoms with Crippen molar-refractivity contribution in [1.82, 2.24) is 19.9 Å². The molecule has 2 aromatic carbocycles. The monoisotopic (exact) mass is 459 g/mol. The first-order valence-corrected chi connectivity index (χ1v) is 11.6. The lowest BCUT2D eigenvalue weighted by Gasteiger charge is -2.26. The third-order valence-electron chi connectivity index (χ3n) is 6.89. The predicted octanol–water partition coefficient (Wildman–Crippen LogP) is 4.42. The summed E-state index contributed by atoms with van der Waals surface area (Å²) in [6, 6.07) is 17.6. The zero-order valence-electron chi connectivity index (χ0n) is 18.8. The summed E-state index contributed by atoms with van der Waals surface area (Å²) in [5.41, 5.74) is 6.74. The van der Waals surface area contributed by atoms with Crippen LogP contribution in [0.5, 0.6) is 5.75 Å². The Morgan fingerprint density at radius 3 is 2.66 bits per heavy atom. The van der Waals surface area contributed by atoms with Gasteiger partial charge in [-0.25, -0.2) is 9.97 Å². The van der Waals surface area contributed by atoms with E-state index in [1.807, 2.05) is 54.9 Å². The molecule has 1 N–H and O–H groups in total. The second-order valence-corrected chi connectivity index (χ2v) is 8.90. The maximum absolute atomic E-state index is 13.5. The van der Waals surface area contributed by atoms with Gasteiger partial charge >= 0.3 is 0 Å². The number of aromatic amines is 1. The van der Waals surface area contributed by atoms with Gasteiger partial charge in [0.05, 0.1) is 24.9 Å². The number of ether oxygens (including phenoxy) is 1. The van der Waals surface area contributed by atoms with Gasteiger partial charge in [-0.1, -0.05) is 18.2 Å². The maximum atomic E-state index is 13.5. The van der Waals surface area contributed by atoms with Crippen LogP contribution in [0.25, 0.3) is 22.0 Å². The molecular formula is C28H21N5O2. The van der Waals surface area contributed by atoms with E-state index in [-0.39, 0.29) is 11.5 Å². The van der Waals surface area contributed by atoms with Crippen molar-refractivity contribution in [3.05, 3.63) is 112 Å². The number of hydrogen-bond donors (Lipinski definition) is 1. The third-order valence-corrected chi connectivity index (χ3v) is 6.89. The summed E-state index contributed by atoms with van der Waals surface area (Å²) in [5.74, 6) is 1.51. The van der Waals surface area contributed by atoms with Crippen molar-refractivity contribution in [2.45, 2.75) is 19.0 Å². The summed E-state index contributed by atoms with van der Waals surface area (Å²) in [4.78, 5) is 32.7. The van der Waals surface area contributed by atoms with Crippen molar-refractivity contribution in [3.63, 3.8) is 0 Å². The minimum absolute atomic E-state index is 0.0553. The van der Waals surface area contributed by atoms with Gasteiger partial charge in [0.2, 0.25) is 5.95 Å². The minimum atomic E-state index is -0.208. The number of para-hydroxylation sites is 1. The molecule has 0 saturated heterocycles. The Bertz CT molecular complexity index is 1630. The number of nitrogens with zero attached hydrogens (tertiary/aromatic N) is 4. The summed E-state index contributed by atoms with van der Waals surface area (Å²) >= 11 is 0. The quantitative estimate of drug-likeness (QED) is 0.430. The number of pyridine rings is 2. The number of nitrogens with one attached hydrogen (secondary N) is 1. The van der Waals surface area contributed by atoms with Crippen LogP contribution in [0.3, 0.4) is 0 Å². The summed E-state index contributed by atoms with van der Waals surface area (Å²) in [7, 11) is 0. The van der Waals surface area contributed by atoms with E-state index >= 15 is 0 Å². The van der Waals surface area contributed by atoms with Crippen molar-refractivity contribution < 1.29 is 4.74 Å². The molecule has 5 aromatic rings. The lowest BCUT2D eigenvalue weighted by atomic mass is 9.98. The van der Waals surface area contributed by atoms with Gasteiger partial charge in [-0.3, -0.25) is 9.78 Å². The van der Waals surface area contributed by atoms with Gasteiger partial charge in [0.1, 0.15) is 5.75 Å². The smallest absolute Gasteiger partial charge is 0.226 e. The van der Waals surface area contributed by atoms with Crippen LogP contribution < -0.4 is 15.1 Å². The maximum Gasteiger partial charge on any atom is 0.226 e. The van der Waals surface area contributed by atoms with Crippen molar-refractivity contribution in [3.8, 4) is 16.9 Å². The zero-order valence-corrected chi connectivity index (χ0v) is 18.8. The molecule has 0 amide bonds. The van der Waals surface area contributed by atoms with Crippen LogP contribution in [0.15, 0.2) is 84.2 Å². The Balaban J connectivity index is 1.37. The Labute approximate surface area is 201 Å². The molecule has 7 nitrogen and oxygen atoms in total. The van der Waals surface area contributed by atoms with Gasteiger partial charge < -0.3 is 14.6 Å². The molecule has 2 aliphatic heterocycles. The van der Waals surface area contributed by atoms with Gasteiger partial charge in [0, 0.05) is 53.2 Å². The number of H-pyrrole nitrogens is 1. The van der Waals surface area contributed by atoms with Gasteiger partial charge in [0.15, 0.2) is 5.43 Å². The topological polar surface area (TPSA) is 84.0 Å². The SMILES string of the molecule is O=c1c2c([nH]c3ccccc13)C(c1ccc3c(c1)CCO3)N(c1ncc(-c3ccncc3)cn1)C2. The predicted molar refractivity (Wildman–Crippen MR) is 133 cm³/mol. The minimum Gasteiger partial charge on any atom is -0.493 e. The van der Waals surface area contributed by atoms with Gasteiger partial charge in [-0.15, -0.1) is 0 Å². The molecule has 3 aromatic heterocycles. The Morgan fingerprint density at radius 1 is 0.971 bits per heavy atom. The van der Waals surface area contributed by atoms with E-state index in [2.05, 4.69) is 27.0 Å². The molecule has 2 aliphatic rings. The number of benzene rings is 2. The van der Waals surface area contributed by atoms with E-state index in [4.69, 9.17) is 14.7 Å². The number of aromatic nitrogens is 4. The molecule has 0 fully saturated rings. The van der Waals surface area contributed by atoms with Crippen LogP contribution in [0, 0.1) is 0 Å². The van der Waals surface area contributed by atoms with Crippen LogP contribution >= 0.6 is 0 Å². The van der Waals surface area contributed by atoms with Crippen LogP contribution in [-0.2, 0) is 13.0 Å². The number of rotatable bonds is 3. The average molecular weight is 460 g/mol. The Kier molecular flexibility index (Phi) is 4.42. The van der Waals surface area contributed by atoms with Crippen LogP contribution in [-0.4, -0.2) is 26.5 Å². The molecule has 1 atom stereocenters. The van der Waals surface area contributed by atoms with Crippen molar-refractivity contribution in [1.29, 1.82) is 0 Å². The van der Waals surface area contributed by atoms with Crippen molar-refractivity contribution in [2.75, 3.05) is 11.5 Å². The van der Waals surface area contributed by atoms with Crippen LogP contribution in [0.4, 0.5) is 5.95 Å².